The summed E-state index contributed by atoms with van der Waals surface area (Å²) in [5, 5.41) is 0.760. The molecule has 1 N–H and O–H groups in total. The predicted octanol–water partition coefficient (Wildman–Crippen LogP) is 4.25. The molecule has 1 heterocycles. The third-order valence-corrected chi connectivity index (χ3v) is 3.65. The predicted molar refractivity (Wildman–Crippen MR) is 77.8 cm³/mol. The Labute approximate surface area is 117 Å². The van der Waals surface area contributed by atoms with E-state index in [2.05, 4.69) is 16.9 Å². The van der Waals surface area contributed by atoms with E-state index in [9.17, 15) is 0 Å². The van der Waals surface area contributed by atoms with E-state index >= 15 is 0 Å². The van der Waals surface area contributed by atoms with Gasteiger partial charge in [0.1, 0.15) is 10.5 Å². The molecule has 2 nitrogen and oxygen atoms in total. The van der Waals surface area contributed by atoms with E-state index < -0.39 is 0 Å². The van der Waals surface area contributed by atoms with Crippen molar-refractivity contribution in [3.05, 3.63) is 56.6 Å². The standard InChI is InChI=1S/C14H15ClN2S/c1-3-11-9(2)16-13(17-14(11)18)8-10-6-4-5-7-12(10)15/h4-7H,3,8H2,1-2H3,(H,16,17,18). The molecule has 0 atom stereocenters. The summed E-state index contributed by atoms with van der Waals surface area (Å²) in [5.74, 6) is 0.864. The second-order valence-electron chi connectivity index (χ2n) is 4.21. The fourth-order valence-corrected chi connectivity index (χ4v) is 2.60. The third kappa shape index (κ3) is 2.79. The Morgan fingerprint density at radius 1 is 1.33 bits per heavy atom. The van der Waals surface area contributed by atoms with Gasteiger partial charge in [0.25, 0.3) is 0 Å². The van der Waals surface area contributed by atoms with Gasteiger partial charge in [-0.1, -0.05) is 48.9 Å². The second-order valence-corrected chi connectivity index (χ2v) is 5.01. The van der Waals surface area contributed by atoms with Crippen LogP contribution in [0.4, 0.5) is 0 Å². The molecule has 2 aromatic rings. The van der Waals surface area contributed by atoms with Gasteiger partial charge < -0.3 is 4.98 Å². The summed E-state index contributed by atoms with van der Waals surface area (Å²) < 4.78 is 0.691. The summed E-state index contributed by atoms with van der Waals surface area (Å²) in [5.41, 5.74) is 3.27. The molecule has 94 valence electrons. The molecular weight excluding hydrogens is 264 g/mol. The molecule has 0 amide bonds. The monoisotopic (exact) mass is 278 g/mol. The van der Waals surface area contributed by atoms with Crippen LogP contribution in [0.5, 0.6) is 0 Å². The summed E-state index contributed by atoms with van der Waals surface area (Å²) in [4.78, 5) is 7.75. The number of rotatable bonds is 3. The largest absolute Gasteiger partial charge is 0.347 e. The molecule has 2 rings (SSSR count). The average Bonchev–Trinajstić information content (AvgIpc) is 2.32. The van der Waals surface area contributed by atoms with Crippen LogP contribution in [0.2, 0.25) is 5.02 Å². The number of nitrogens with one attached hydrogen (secondary N) is 1. The lowest BCUT2D eigenvalue weighted by atomic mass is 10.1. The molecule has 0 bridgehead atoms. The van der Waals surface area contributed by atoms with E-state index in [1.165, 1.54) is 0 Å². The van der Waals surface area contributed by atoms with Gasteiger partial charge in [0.2, 0.25) is 0 Å². The Morgan fingerprint density at radius 3 is 2.67 bits per heavy atom. The zero-order valence-electron chi connectivity index (χ0n) is 10.5. The van der Waals surface area contributed by atoms with Crippen LogP contribution in [0.3, 0.4) is 0 Å². The Morgan fingerprint density at radius 2 is 2.06 bits per heavy atom. The van der Waals surface area contributed by atoms with Gasteiger partial charge in [-0.25, -0.2) is 4.98 Å². The molecule has 0 spiro atoms. The molecule has 1 aromatic carbocycles. The van der Waals surface area contributed by atoms with Crippen LogP contribution in [-0.4, -0.2) is 9.97 Å². The Bertz CT molecular complexity index is 619. The van der Waals surface area contributed by atoms with Crippen molar-refractivity contribution >= 4 is 23.8 Å². The molecule has 0 aliphatic rings. The molecule has 18 heavy (non-hydrogen) atoms. The summed E-state index contributed by atoms with van der Waals surface area (Å²) in [6.45, 7) is 4.12. The number of H-pyrrole nitrogens is 1. The SMILES string of the molecule is CCc1c(C)[nH]c(Cc2ccccc2Cl)nc1=S. The highest BCUT2D eigenvalue weighted by Gasteiger charge is 2.06. The van der Waals surface area contributed by atoms with Crippen LogP contribution < -0.4 is 0 Å². The van der Waals surface area contributed by atoms with E-state index in [1.807, 2.05) is 31.2 Å². The number of halogens is 1. The van der Waals surface area contributed by atoms with E-state index in [1.54, 1.807) is 0 Å². The van der Waals surface area contributed by atoms with Crippen molar-refractivity contribution in [1.29, 1.82) is 0 Å². The normalized spacial score (nSPS) is 10.6. The smallest absolute Gasteiger partial charge is 0.133 e. The molecule has 0 aliphatic carbocycles. The number of hydrogen-bond acceptors (Lipinski definition) is 2. The molecule has 0 fully saturated rings. The highest BCUT2D eigenvalue weighted by atomic mass is 35.5. The number of benzene rings is 1. The average molecular weight is 279 g/mol. The Balaban J connectivity index is 2.37. The number of hydrogen-bond donors (Lipinski definition) is 1. The number of aromatic amines is 1. The van der Waals surface area contributed by atoms with Crippen LogP contribution in [0.25, 0.3) is 0 Å². The zero-order valence-corrected chi connectivity index (χ0v) is 12.0. The molecular formula is C14H15ClN2S. The van der Waals surface area contributed by atoms with Crippen molar-refractivity contribution in [2.24, 2.45) is 0 Å². The lowest BCUT2D eigenvalue weighted by molar-refractivity contribution is 0.895. The summed E-state index contributed by atoms with van der Waals surface area (Å²) >= 11 is 11.5. The van der Waals surface area contributed by atoms with Gasteiger partial charge in [-0.05, 0) is 25.0 Å². The zero-order chi connectivity index (χ0) is 13.1. The second kappa shape index (κ2) is 5.63. The lowest BCUT2D eigenvalue weighted by Gasteiger charge is -2.08. The molecule has 0 unspecified atom stereocenters. The Hall–Kier alpha value is -1.19. The molecule has 0 saturated heterocycles. The molecule has 4 heteroatoms. The van der Waals surface area contributed by atoms with Crippen LogP contribution in [0.1, 0.15) is 29.6 Å². The molecule has 1 aromatic heterocycles. The van der Waals surface area contributed by atoms with Crippen molar-refractivity contribution in [3.63, 3.8) is 0 Å². The van der Waals surface area contributed by atoms with Gasteiger partial charge in [-0.15, -0.1) is 0 Å². The fraction of sp³-hybridized carbons (Fsp3) is 0.286. The highest BCUT2D eigenvalue weighted by molar-refractivity contribution is 7.71. The first-order valence-electron chi connectivity index (χ1n) is 5.94. The van der Waals surface area contributed by atoms with Crippen molar-refractivity contribution in [2.75, 3.05) is 0 Å². The van der Waals surface area contributed by atoms with E-state index in [4.69, 9.17) is 23.8 Å². The van der Waals surface area contributed by atoms with Gasteiger partial charge >= 0.3 is 0 Å². The first-order chi connectivity index (χ1) is 8.61. The molecule has 0 saturated carbocycles. The van der Waals surface area contributed by atoms with Gasteiger partial charge in [0.05, 0.1) is 0 Å². The maximum absolute atomic E-state index is 6.14. The third-order valence-electron chi connectivity index (χ3n) is 2.95. The van der Waals surface area contributed by atoms with Gasteiger partial charge in [0, 0.05) is 22.7 Å². The van der Waals surface area contributed by atoms with Gasteiger partial charge in [0.15, 0.2) is 0 Å². The minimum absolute atomic E-state index is 0.675. The van der Waals surface area contributed by atoms with Crippen molar-refractivity contribution in [2.45, 2.75) is 26.7 Å². The lowest BCUT2D eigenvalue weighted by Crippen LogP contribution is -2.03. The van der Waals surface area contributed by atoms with E-state index in [0.29, 0.717) is 11.1 Å². The minimum atomic E-state index is 0.675. The topological polar surface area (TPSA) is 28.7 Å². The van der Waals surface area contributed by atoms with Crippen molar-refractivity contribution < 1.29 is 0 Å². The van der Waals surface area contributed by atoms with Gasteiger partial charge in [-0.3, -0.25) is 0 Å². The number of nitrogens with zero attached hydrogens (tertiary/aromatic N) is 1. The van der Waals surface area contributed by atoms with Crippen molar-refractivity contribution in [3.8, 4) is 0 Å². The summed E-state index contributed by atoms with van der Waals surface area (Å²) in [6, 6.07) is 7.79. The first-order valence-corrected chi connectivity index (χ1v) is 6.72. The van der Waals surface area contributed by atoms with Crippen LogP contribution in [0, 0.1) is 11.6 Å². The number of aromatic nitrogens is 2. The molecule has 0 aliphatic heterocycles. The maximum Gasteiger partial charge on any atom is 0.133 e. The summed E-state index contributed by atoms with van der Waals surface area (Å²) in [6.07, 6.45) is 1.58. The molecule has 0 radical (unpaired) electrons. The summed E-state index contributed by atoms with van der Waals surface area (Å²) in [7, 11) is 0. The van der Waals surface area contributed by atoms with Crippen LogP contribution in [0.15, 0.2) is 24.3 Å². The minimum Gasteiger partial charge on any atom is -0.347 e. The maximum atomic E-state index is 6.14. The van der Waals surface area contributed by atoms with Crippen LogP contribution >= 0.6 is 23.8 Å². The van der Waals surface area contributed by atoms with Gasteiger partial charge in [-0.2, -0.15) is 0 Å². The quantitative estimate of drug-likeness (QED) is 0.850. The first kappa shape index (κ1) is 13.2. The Kier molecular flexibility index (Phi) is 4.15. The van der Waals surface area contributed by atoms with Crippen molar-refractivity contribution in [1.82, 2.24) is 9.97 Å². The number of aryl methyl sites for hydroxylation is 1. The highest BCUT2D eigenvalue weighted by Crippen LogP contribution is 2.18. The van der Waals surface area contributed by atoms with E-state index in [-0.39, 0.29) is 0 Å². The van der Waals surface area contributed by atoms with Crippen LogP contribution in [-0.2, 0) is 12.8 Å². The van der Waals surface area contributed by atoms with E-state index in [0.717, 1.165) is 34.1 Å². The fourth-order valence-electron chi connectivity index (χ4n) is 1.99.